The van der Waals surface area contributed by atoms with Crippen LogP contribution in [0.4, 0.5) is 10.2 Å². The maximum atomic E-state index is 13.6. The van der Waals surface area contributed by atoms with Gasteiger partial charge in [0.1, 0.15) is 11.6 Å². The van der Waals surface area contributed by atoms with Gasteiger partial charge in [0.05, 0.1) is 11.6 Å². The Hall–Kier alpha value is -2.21. The van der Waals surface area contributed by atoms with Crippen LogP contribution in [0, 0.1) is 5.82 Å². The second kappa shape index (κ2) is 5.05. The van der Waals surface area contributed by atoms with E-state index in [0.29, 0.717) is 23.6 Å². The van der Waals surface area contributed by atoms with Gasteiger partial charge in [0.25, 0.3) is 0 Å². The van der Waals surface area contributed by atoms with Crippen molar-refractivity contribution in [1.29, 1.82) is 0 Å². The van der Waals surface area contributed by atoms with Crippen LogP contribution in [0.2, 0.25) is 5.28 Å². The van der Waals surface area contributed by atoms with Crippen LogP contribution in [0.3, 0.4) is 0 Å². The van der Waals surface area contributed by atoms with Crippen LogP contribution in [0.25, 0.3) is 11.0 Å². The number of hydrogen-bond donors (Lipinski definition) is 1. The molecule has 0 saturated carbocycles. The van der Waals surface area contributed by atoms with E-state index in [9.17, 15) is 4.39 Å². The molecule has 0 aliphatic rings. The van der Waals surface area contributed by atoms with E-state index in [-0.39, 0.29) is 11.1 Å². The maximum Gasteiger partial charge on any atom is 0.226 e. The Kier molecular flexibility index (Phi) is 3.23. The lowest BCUT2D eigenvalue weighted by Gasteiger charge is -2.07. The zero-order valence-corrected chi connectivity index (χ0v) is 11.4. The molecule has 3 rings (SSSR count). The number of aryl methyl sites for hydroxylation is 1. The van der Waals surface area contributed by atoms with Gasteiger partial charge < -0.3 is 5.32 Å². The van der Waals surface area contributed by atoms with Gasteiger partial charge in [0, 0.05) is 19.2 Å². The fraction of sp³-hybridized carbons (Fsp3) is 0.154. The smallest absolute Gasteiger partial charge is 0.226 e. The number of rotatable bonds is 3. The third kappa shape index (κ3) is 2.30. The molecule has 102 valence electrons. The highest BCUT2D eigenvalue weighted by Gasteiger charge is 2.11. The molecule has 7 heteroatoms. The number of anilines is 1. The molecule has 0 aliphatic heterocycles. The van der Waals surface area contributed by atoms with E-state index in [1.165, 1.54) is 6.07 Å². The molecular weight excluding hydrogens is 281 g/mol. The lowest BCUT2D eigenvalue weighted by atomic mass is 10.2. The molecule has 1 aromatic carbocycles. The van der Waals surface area contributed by atoms with Crippen molar-refractivity contribution in [2.75, 3.05) is 5.32 Å². The Morgan fingerprint density at radius 3 is 2.90 bits per heavy atom. The van der Waals surface area contributed by atoms with Crippen molar-refractivity contribution in [2.24, 2.45) is 7.05 Å². The highest BCUT2D eigenvalue weighted by atomic mass is 35.5. The molecule has 0 atom stereocenters. The minimum Gasteiger partial charge on any atom is -0.365 e. The molecule has 1 N–H and O–H groups in total. The number of aromatic nitrogens is 4. The van der Waals surface area contributed by atoms with Crippen molar-refractivity contribution in [3.8, 4) is 0 Å². The Bertz CT molecular complexity index is 771. The standard InChI is InChI=1S/C13H11ClFN5/c1-20-12-9(7-17-20)11(18-13(14)19-12)16-6-8-4-2-3-5-10(8)15/h2-5,7H,6H2,1H3,(H,16,18,19). The van der Waals surface area contributed by atoms with Gasteiger partial charge in [-0.25, -0.2) is 4.39 Å². The van der Waals surface area contributed by atoms with Crippen LogP contribution in [-0.2, 0) is 13.6 Å². The number of nitrogens with zero attached hydrogens (tertiary/aromatic N) is 4. The summed E-state index contributed by atoms with van der Waals surface area (Å²) in [6, 6.07) is 6.57. The highest BCUT2D eigenvalue weighted by Crippen LogP contribution is 2.22. The average Bonchev–Trinajstić information content (AvgIpc) is 2.79. The molecule has 0 spiro atoms. The van der Waals surface area contributed by atoms with E-state index < -0.39 is 0 Å². The molecule has 5 nitrogen and oxygen atoms in total. The lowest BCUT2D eigenvalue weighted by molar-refractivity contribution is 0.613. The molecule has 0 fully saturated rings. The van der Waals surface area contributed by atoms with Crippen LogP contribution in [0.5, 0.6) is 0 Å². The lowest BCUT2D eigenvalue weighted by Crippen LogP contribution is -2.05. The summed E-state index contributed by atoms with van der Waals surface area (Å²) < 4.78 is 15.2. The largest absolute Gasteiger partial charge is 0.365 e. The first-order chi connectivity index (χ1) is 9.65. The quantitative estimate of drug-likeness (QED) is 0.754. The van der Waals surface area contributed by atoms with Crippen molar-refractivity contribution < 1.29 is 4.39 Å². The van der Waals surface area contributed by atoms with Crippen molar-refractivity contribution >= 4 is 28.5 Å². The predicted octanol–water partition coefficient (Wildman–Crippen LogP) is 2.77. The Balaban J connectivity index is 1.93. The number of benzene rings is 1. The minimum absolute atomic E-state index is 0.122. The zero-order valence-electron chi connectivity index (χ0n) is 10.6. The van der Waals surface area contributed by atoms with E-state index >= 15 is 0 Å². The van der Waals surface area contributed by atoms with Crippen LogP contribution in [0.1, 0.15) is 5.56 Å². The number of fused-ring (bicyclic) bond motifs is 1. The van der Waals surface area contributed by atoms with Gasteiger partial charge in [-0.05, 0) is 17.7 Å². The third-order valence-electron chi connectivity index (χ3n) is 2.97. The van der Waals surface area contributed by atoms with E-state index in [2.05, 4.69) is 20.4 Å². The van der Waals surface area contributed by atoms with Gasteiger partial charge in [-0.2, -0.15) is 15.1 Å². The number of halogens is 2. The Labute approximate surface area is 119 Å². The summed E-state index contributed by atoms with van der Waals surface area (Å²) in [5, 5.41) is 8.05. The van der Waals surface area contributed by atoms with Crippen LogP contribution < -0.4 is 5.32 Å². The van der Waals surface area contributed by atoms with Gasteiger partial charge >= 0.3 is 0 Å². The van der Waals surface area contributed by atoms with E-state index in [1.54, 1.807) is 36.1 Å². The van der Waals surface area contributed by atoms with Crippen molar-refractivity contribution in [3.63, 3.8) is 0 Å². The second-order valence-corrected chi connectivity index (χ2v) is 4.63. The van der Waals surface area contributed by atoms with Gasteiger partial charge in [0.2, 0.25) is 5.28 Å². The second-order valence-electron chi connectivity index (χ2n) is 4.29. The normalized spacial score (nSPS) is 10.9. The fourth-order valence-corrected chi connectivity index (χ4v) is 2.12. The molecule has 0 aliphatic carbocycles. The van der Waals surface area contributed by atoms with Gasteiger partial charge in [-0.3, -0.25) is 4.68 Å². The summed E-state index contributed by atoms with van der Waals surface area (Å²) in [5.41, 5.74) is 1.18. The topological polar surface area (TPSA) is 55.6 Å². The van der Waals surface area contributed by atoms with Crippen molar-refractivity contribution in [3.05, 3.63) is 47.1 Å². The van der Waals surface area contributed by atoms with E-state index in [0.717, 1.165) is 5.39 Å². The monoisotopic (exact) mass is 291 g/mol. The minimum atomic E-state index is -0.261. The number of hydrogen-bond acceptors (Lipinski definition) is 4. The molecule has 2 aromatic heterocycles. The SMILES string of the molecule is Cn1ncc2c(NCc3ccccc3F)nc(Cl)nc21. The van der Waals surface area contributed by atoms with Gasteiger partial charge in [-0.1, -0.05) is 18.2 Å². The predicted molar refractivity (Wildman–Crippen MR) is 75.0 cm³/mol. The van der Waals surface area contributed by atoms with Crippen LogP contribution >= 0.6 is 11.6 Å². The van der Waals surface area contributed by atoms with Crippen molar-refractivity contribution in [2.45, 2.75) is 6.54 Å². The molecular formula is C13H11ClFN5. The van der Waals surface area contributed by atoms with Gasteiger partial charge in [0.15, 0.2) is 5.65 Å². The van der Waals surface area contributed by atoms with E-state index in [1.807, 2.05) is 0 Å². The first kappa shape index (κ1) is 12.8. The molecule has 0 radical (unpaired) electrons. The molecule has 0 saturated heterocycles. The summed E-state index contributed by atoms with van der Waals surface area (Å²) in [4.78, 5) is 8.24. The summed E-state index contributed by atoms with van der Waals surface area (Å²) in [5.74, 6) is 0.277. The molecule has 0 unspecified atom stereocenters. The maximum absolute atomic E-state index is 13.6. The van der Waals surface area contributed by atoms with Gasteiger partial charge in [-0.15, -0.1) is 0 Å². The molecule has 20 heavy (non-hydrogen) atoms. The molecule has 0 bridgehead atoms. The first-order valence-corrected chi connectivity index (χ1v) is 6.35. The summed E-state index contributed by atoms with van der Waals surface area (Å²) in [6.45, 7) is 0.310. The Morgan fingerprint density at radius 2 is 2.10 bits per heavy atom. The van der Waals surface area contributed by atoms with Crippen LogP contribution in [0.15, 0.2) is 30.5 Å². The molecule has 3 aromatic rings. The summed E-state index contributed by atoms with van der Waals surface area (Å²) in [7, 11) is 1.77. The average molecular weight is 292 g/mol. The fourth-order valence-electron chi connectivity index (χ4n) is 1.95. The Morgan fingerprint density at radius 1 is 1.30 bits per heavy atom. The summed E-state index contributed by atoms with van der Waals surface area (Å²) in [6.07, 6.45) is 1.65. The van der Waals surface area contributed by atoms with Crippen molar-refractivity contribution in [1.82, 2.24) is 19.7 Å². The zero-order chi connectivity index (χ0) is 14.1. The molecule has 2 heterocycles. The van der Waals surface area contributed by atoms with E-state index in [4.69, 9.17) is 11.6 Å². The summed E-state index contributed by atoms with van der Waals surface area (Å²) >= 11 is 5.89. The highest BCUT2D eigenvalue weighted by molar-refractivity contribution is 6.28. The third-order valence-corrected chi connectivity index (χ3v) is 3.14. The molecule has 0 amide bonds. The van der Waals surface area contributed by atoms with Crippen LogP contribution in [-0.4, -0.2) is 19.7 Å². The number of nitrogens with one attached hydrogen (secondary N) is 1. The first-order valence-electron chi connectivity index (χ1n) is 5.97.